The Morgan fingerprint density at radius 2 is 2.06 bits per heavy atom. The van der Waals surface area contributed by atoms with E-state index in [9.17, 15) is 4.79 Å². The minimum Gasteiger partial charge on any atom is -0.307 e. The summed E-state index contributed by atoms with van der Waals surface area (Å²) < 4.78 is 1.91. The van der Waals surface area contributed by atoms with E-state index in [-0.39, 0.29) is 11.1 Å². The van der Waals surface area contributed by atoms with Gasteiger partial charge in [0, 0.05) is 11.6 Å². The van der Waals surface area contributed by atoms with Crippen molar-refractivity contribution in [2.45, 2.75) is 26.3 Å². The van der Waals surface area contributed by atoms with Crippen LogP contribution in [0.15, 0.2) is 23.3 Å². The molecular formula is C10H13N5O. The largest absolute Gasteiger partial charge is 0.307 e. The van der Waals surface area contributed by atoms with Crippen molar-refractivity contribution in [3.63, 3.8) is 0 Å². The van der Waals surface area contributed by atoms with E-state index in [0.717, 1.165) is 0 Å². The molecule has 16 heavy (non-hydrogen) atoms. The number of aromatic amines is 1. The Balaban J connectivity index is 2.53. The number of nitrogens with one attached hydrogen (secondary N) is 1. The van der Waals surface area contributed by atoms with Crippen molar-refractivity contribution in [1.82, 2.24) is 25.0 Å². The van der Waals surface area contributed by atoms with E-state index >= 15 is 0 Å². The highest BCUT2D eigenvalue weighted by Crippen LogP contribution is 2.20. The van der Waals surface area contributed by atoms with Crippen molar-refractivity contribution in [2.24, 2.45) is 0 Å². The minimum absolute atomic E-state index is 0.128. The molecule has 0 amide bonds. The number of H-pyrrole nitrogens is 1. The van der Waals surface area contributed by atoms with E-state index in [0.29, 0.717) is 11.5 Å². The lowest BCUT2D eigenvalue weighted by molar-refractivity contribution is 0.399. The molecule has 0 aliphatic rings. The van der Waals surface area contributed by atoms with E-state index in [1.807, 2.05) is 25.3 Å². The van der Waals surface area contributed by atoms with E-state index in [1.54, 1.807) is 12.4 Å². The second kappa shape index (κ2) is 3.55. The molecule has 0 saturated heterocycles. The first-order valence-corrected chi connectivity index (χ1v) is 4.95. The standard InChI is InChI=1S/C10H13N5O/c1-10(2,3)15-6-11-14-9(15)7-4-5-8(16)13-12-7/h4-6H,1-3H3,(H,13,16). The Hall–Kier alpha value is -1.98. The van der Waals surface area contributed by atoms with Crippen molar-refractivity contribution in [3.05, 3.63) is 28.8 Å². The molecule has 0 unspecified atom stereocenters. The van der Waals surface area contributed by atoms with Gasteiger partial charge < -0.3 is 4.57 Å². The first-order valence-electron chi connectivity index (χ1n) is 4.95. The molecular weight excluding hydrogens is 206 g/mol. The molecule has 6 nitrogen and oxygen atoms in total. The molecule has 2 aromatic rings. The summed E-state index contributed by atoms with van der Waals surface area (Å²) in [6.45, 7) is 6.14. The summed E-state index contributed by atoms with van der Waals surface area (Å²) >= 11 is 0. The monoisotopic (exact) mass is 219 g/mol. The Bertz CT molecular complexity index is 528. The maximum atomic E-state index is 10.9. The van der Waals surface area contributed by atoms with Crippen molar-refractivity contribution >= 4 is 0 Å². The molecule has 0 aliphatic heterocycles. The van der Waals surface area contributed by atoms with Crippen LogP contribution < -0.4 is 5.56 Å². The maximum absolute atomic E-state index is 10.9. The van der Waals surface area contributed by atoms with Crippen LogP contribution in [0.25, 0.3) is 11.5 Å². The highest BCUT2D eigenvalue weighted by Gasteiger charge is 2.19. The van der Waals surface area contributed by atoms with Gasteiger partial charge in [-0.05, 0) is 26.8 Å². The molecule has 0 bridgehead atoms. The zero-order valence-electron chi connectivity index (χ0n) is 9.43. The van der Waals surface area contributed by atoms with Gasteiger partial charge in [0.1, 0.15) is 12.0 Å². The molecule has 2 aromatic heterocycles. The van der Waals surface area contributed by atoms with Gasteiger partial charge in [0.15, 0.2) is 5.82 Å². The fourth-order valence-corrected chi connectivity index (χ4v) is 1.37. The fraction of sp³-hybridized carbons (Fsp3) is 0.400. The smallest absolute Gasteiger partial charge is 0.264 e. The molecule has 0 spiro atoms. The molecule has 0 saturated carbocycles. The van der Waals surface area contributed by atoms with Gasteiger partial charge in [0.2, 0.25) is 0 Å². The average molecular weight is 219 g/mol. The first kappa shape index (κ1) is 10.5. The summed E-state index contributed by atoms with van der Waals surface area (Å²) in [6, 6.07) is 3.05. The highest BCUT2D eigenvalue weighted by molar-refractivity contribution is 5.47. The third kappa shape index (κ3) is 1.86. The minimum atomic E-state index is -0.231. The summed E-state index contributed by atoms with van der Waals surface area (Å²) in [5.41, 5.74) is 0.244. The Morgan fingerprint density at radius 1 is 1.31 bits per heavy atom. The lowest BCUT2D eigenvalue weighted by atomic mass is 10.1. The lowest BCUT2D eigenvalue weighted by Gasteiger charge is -2.21. The first-order chi connectivity index (χ1) is 7.48. The molecule has 0 atom stereocenters. The molecule has 84 valence electrons. The van der Waals surface area contributed by atoms with Crippen LogP contribution in [0.5, 0.6) is 0 Å². The Kier molecular flexibility index (Phi) is 2.34. The zero-order valence-corrected chi connectivity index (χ0v) is 9.43. The van der Waals surface area contributed by atoms with Gasteiger partial charge in [-0.3, -0.25) is 4.79 Å². The van der Waals surface area contributed by atoms with Crippen LogP contribution in [-0.2, 0) is 5.54 Å². The predicted molar refractivity (Wildman–Crippen MR) is 58.9 cm³/mol. The van der Waals surface area contributed by atoms with Crippen LogP contribution in [0.2, 0.25) is 0 Å². The van der Waals surface area contributed by atoms with Crippen LogP contribution in [0, 0.1) is 0 Å². The molecule has 0 aliphatic carbocycles. The van der Waals surface area contributed by atoms with Crippen LogP contribution >= 0.6 is 0 Å². The van der Waals surface area contributed by atoms with E-state index in [4.69, 9.17) is 0 Å². The van der Waals surface area contributed by atoms with E-state index in [2.05, 4.69) is 20.4 Å². The zero-order chi connectivity index (χ0) is 11.8. The van der Waals surface area contributed by atoms with Crippen molar-refractivity contribution < 1.29 is 0 Å². The van der Waals surface area contributed by atoms with Crippen molar-refractivity contribution in [2.75, 3.05) is 0 Å². The quantitative estimate of drug-likeness (QED) is 0.769. The molecule has 6 heteroatoms. The number of aromatic nitrogens is 5. The molecule has 1 N–H and O–H groups in total. The van der Waals surface area contributed by atoms with Gasteiger partial charge in [-0.2, -0.15) is 5.10 Å². The number of nitrogens with zero attached hydrogens (tertiary/aromatic N) is 4. The second-order valence-corrected chi connectivity index (χ2v) is 4.50. The lowest BCUT2D eigenvalue weighted by Crippen LogP contribution is -2.22. The van der Waals surface area contributed by atoms with Gasteiger partial charge in [0.05, 0.1) is 0 Å². The summed E-state index contributed by atoms with van der Waals surface area (Å²) in [6.07, 6.45) is 1.65. The number of hydrogen-bond donors (Lipinski definition) is 1. The Labute approximate surface area is 92.3 Å². The molecule has 0 aromatic carbocycles. The summed E-state index contributed by atoms with van der Waals surface area (Å²) in [7, 11) is 0. The van der Waals surface area contributed by atoms with Crippen molar-refractivity contribution in [1.29, 1.82) is 0 Å². The molecule has 0 fully saturated rings. The van der Waals surface area contributed by atoms with Gasteiger partial charge >= 0.3 is 0 Å². The van der Waals surface area contributed by atoms with E-state index < -0.39 is 0 Å². The average Bonchev–Trinajstić information content (AvgIpc) is 2.66. The summed E-state index contributed by atoms with van der Waals surface area (Å²) in [5.74, 6) is 0.642. The number of hydrogen-bond acceptors (Lipinski definition) is 4. The van der Waals surface area contributed by atoms with Crippen LogP contribution in [0.3, 0.4) is 0 Å². The molecule has 2 heterocycles. The van der Waals surface area contributed by atoms with Crippen LogP contribution in [0.1, 0.15) is 20.8 Å². The van der Waals surface area contributed by atoms with Crippen LogP contribution in [-0.4, -0.2) is 25.0 Å². The Morgan fingerprint density at radius 3 is 2.62 bits per heavy atom. The second-order valence-electron chi connectivity index (χ2n) is 4.50. The third-order valence-electron chi connectivity index (χ3n) is 2.18. The predicted octanol–water partition coefficient (Wildman–Crippen LogP) is 0.783. The van der Waals surface area contributed by atoms with Gasteiger partial charge in [-0.25, -0.2) is 5.10 Å². The van der Waals surface area contributed by atoms with Gasteiger partial charge in [0.25, 0.3) is 5.56 Å². The fourth-order valence-electron chi connectivity index (χ4n) is 1.37. The highest BCUT2D eigenvalue weighted by atomic mass is 16.1. The number of rotatable bonds is 1. The maximum Gasteiger partial charge on any atom is 0.264 e. The van der Waals surface area contributed by atoms with Crippen molar-refractivity contribution in [3.8, 4) is 11.5 Å². The van der Waals surface area contributed by atoms with Gasteiger partial charge in [-0.1, -0.05) is 0 Å². The topological polar surface area (TPSA) is 76.5 Å². The molecule has 2 rings (SSSR count). The molecule has 0 radical (unpaired) electrons. The normalized spacial score (nSPS) is 11.7. The SMILES string of the molecule is CC(C)(C)n1cnnc1-c1ccc(=O)[nH]n1. The summed E-state index contributed by atoms with van der Waals surface area (Å²) in [5, 5.41) is 14.2. The van der Waals surface area contributed by atoms with Gasteiger partial charge in [-0.15, -0.1) is 10.2 Å². The van der Waals surface area contributed by atoms with Crippen LogP contribution in [0.4, 0.5) is 0 Å². The summed E-state index contributed by atoms with van der Waals surface area (Å²) in [4.78, 5) is 10.9. The third-order valence-corrected chi connectivity index (χ3v) is 2.18. The van der Waals surface area contributed by atoms with E-state index in [1.165, 1.54) is 6.07 Å².